The minimum atomic E-state index is 0.393. The maximum absolute atomic E-state index is 5.01. The molecule has 142 valence electrons. The Morgan fingerprint density at radius 2 is 2.18 bits per heavy atom. The molecular weight excluding hydrogens is 352 g/mol. The predicted octanol–water partition coefficient (Wildman–Crippen LogP) is 2.74. The number of fused-ring (bicyclic) bond motifs is 1. The van der Waals surface area contributed by atoms with E-state index in [9.17, 15) is 0 Å². The van der Waals surface area contributed by atoms with Crippen LogP contribution in [-0.4, -0.2) is 42.5 Å². The normalized spacial score (nSPS) is 17.1. The second-order valence-electron chi connectivity index (χ2n) is 7.17. The fourth-order valence-electron chi connectivity index (χ4n) is 3.73. The van der Waals surface area contributed by atoms with E-state index in [1.54, 1.807) is 17.1 Å². The van der Waals surface area contributed by atoms with Crippen molar-refractivity contribution in [1.29, 1.82) is 0 Å². The summed E-state index contributed by atoms with van der Waals surface area (Å²) in [5, 5.41) is 15.8. The number of aryl methyl sites for hydroxylation is 1. The molecule has 0 saturated carbocycles. The molecule has 0 spiro atoms. The number of rotatable bonds is 4. The fraction of sp³-hybridized carbons (Fsp3) is 0.300. The van der Waals surface area contributed by atoms with Crippen molar-refractivity contribution in [2.75, 3.05) is 18.4 Å². The lowest BCUT2D eigenvalue weighted by Gasteiger charge is -2.23. The van der Waals surface area contributed by atoms with Crippen LogP contribution in [0.15, 0.2) is 49.2 Å². The van der Waals surface area contributed by atoms with Crippen molar-refractivity contribution < 1.29 is 0 Å². The van der Waals surface area contributed by atoms with Crippen LogP contribution in [0.5, 0.6) is 0 Å². The van der Waals surface area contributed by atoms with Crippen LogP contribution in [0.4, 0.5) is 11.5 Å². The minimum absolute atomic E-state index is 0.393. The summed E-state index contributed by atoms with van der Waals surface area (Å²) in [6.07, 6.45) is 11.6. The Kier molecular flexibility index (Phi) is 4.25. The molecule has 8 heteroatoms. The zero-order valence-corrected chi connectivity index (χ0v) is 15.7. The molecule has 5 heterocycles. The lowest BCUT2D eigenvalue weighted by atomic mass is 9.96. The molecule has 4 aromatic rings. The Labute approximate surface area is 162 Å². The topological polar surface area (TPSA) is 85.0 Å². The molecule has 4 aromatic heterocycles. The van der Waals surface area contributed by atoms with Crippen LogP contribution < -0.4 is 10.6 Å². The standard InChI is InChI=1S/C20H22N8/c1-27-13-15(10-23-27)17-12-24-28-19(25-16-5-3-7-22-11-16)8-18(26-20(17)28)14-4-2-6-21-9-14/h3,5,7-8,10-14,21,25H,2,4,6,9H2,1H3. The second kappa shape index (κ2) is 7.05. The van der Waals surface area contributed by atoms with Crippen LogP contribution in [0.2, 0.25) is 0 Å². The Bertz CT molecular complexity index is 1090. The van der Waals surface area contributed by atoms with Crippen LogP contribution in [0.3, 0.4) is 0 Å². The van der Waals surface area contributed by atoms with E-state index in [0.717, 1.165) is 59.9 Å². The maximum Gasteiger partial charge on any atom is 0.165 e. The van der Waals surface area contributed by atoms with Gasteiger partial charge in [0.05, 0.1) is 30.0 Å². The number of pyridine rings is 1. The first-order chi connectivity index (χ1) is 13.8. The number of piperidine rings is 1. The zero-order chi connectivity index (χ0) is 18.9. The number of nitrogens with one attached hydrogen (secondary N) is 2. The van der Waals surface area contributed by atoms with Crippen molar-refractivity contribution in [3.63, 3.8) is 0 Å². The second-order valence-corrected chi connectivity index (χ2v) is 7.17. The van der Waals surface area contributed by atoms with Gasteiger partial charge in [0, 0.05) is 49.1 Å². The Balaban J connectivity index is 1.65. The smallest absolute Gasteiger partial charge is 0.165 e. The number of hydrogen-bond donors (Lipinski definition) is 2. The third kappa shape index (κ3) is 3.11. The molecule has 1 aliphatic rings. The van der Waals surface area contributed by atoms with Gasteiger partial charge in [0.1, 0.15) is 5.82 Å². The quantitative estimate of drug-likeness (QED) is 0.571. The number of nitrogens with zero attached hydrogens (tertiary/aromatic N) is 6. The number of anilines is 2. The SMILES string of the molecule is Cn1cc(-c2cnn3c(Nc4cccnc4)cc(C4CCCNC4)nc23)cn1. The molecule has 28 heavy (non-hydrogen) atoms. The van der Waals surface area contributed by atoms with Gasteiger partial charge in [0.25, 0.3) is 0 Å². The number of hydrogen-bond acceptors (Lipinski definition) is 6. The Hall–Kier alpha value is -3.26. The monoisotopic (exact) mass is 374 g/mol. The molecule has 5 rings (SSSR count). The van der Waals surface area contributed by atoms with Crippen molar-refractivity contribution in [3.05, 3.63) is 54.9 Å². The average molecular weight is 374 g/mol. The highest BCUT2D eigenvalue weighted by Gasteiger charge is 2.21. The first-order valence-electron chi connectivity index (χ1n) is 9.53. The highest BCUT2D eigenvalue weighted by atomic mass is 15.3. The molecule has 0 aromatic carbocycles. The van der Waals surface area contributed by atoms with E-state index in [1.165, 1.54) is 0 Å². The maximum atomic E-state index is 5.01. The fourth-order valence-corrected chi connectivity index (χ4v) is 3.73. The molecule has 1 fully saturated rings. The Morgan fingerprint density at radius 1 is 1.21 bits per heavy atom. The van der Waals surface area contributed by atoms with Gasteiger partial charge >= 0.3 is 0 Å². The first kappa shape index (κ1) is 16.9. The molecule has 2 N–H and O–H groups in total. The van der Waals surface area contributed by atoms with Gasteiger partial charge in [-0.1, -0.05) is 0 Å². The summed E-state index contributed by atoms with van der Waals surface area (Å²) >= 11 is 0. The van der Waals surface area contributed by atoms with Gasteiger partial charge in [0.15, 0.2) is 5.65 Å². The van der Waals surface area contributed by atoms with E-state index in [-0.39, 0.29) is 0 Å². The summed E-state index contributed by atoms with van der Waals surface area (Å²) in [5.41, 5.74) is 4.82. The van der Waals surface area contributed by atoms with E-state index in [2.05, 4.69) is 31.9 Å². The van der Waals surface area contributed by atoms with Crippen LogP contribution in [-0.2, 0) is 7.05 Å². The summed E-state index contributed by atoms with van der Waals surface area (Å²) in [6.45, 7) is 2.03. The van der Waals surface area contributed by atoms with Crippen molar-refractivity contribution in [2.45, 2.75) is 18.8 Å². The minimum Gasteiger partial charge on any atom is -0.339 e. The molecule has 0 radical (unpaired) electrons. The average Bonchev–Trinajstić information content (AvgIpc) is 3.35. The van der Waals surface area contributed by atoms with Gasteiger partial charge < -0.3 is 10.6 Å². The molecule has 0 amide bonds. The summed E-state index contributed by atoms with van der Waals surface area (Å²) in [4.78, 5) is 9.21. The van der Waals surface area contributed by atoms with Crippen LogP contribution >= 0.6 is 0 Å². The van der Waals surface area contributed by atoms with Crippen LogP contribution in [0, 0.1) is 0 Å². The lowest BCUT2D eigenvalue weighted by Crippen LogP contribution is -2.29. The van der Waals surface area contributed by atoms with Crippen molar-refractivity contribution in [1.82, 2.24) is 34.7 Å². The van der Waals surface area contributed by atoms with Gasteiger partial charge in [-0.15, -0.1) is 0 Å². The largest absolute Gasteiger partial charge is 0.339 e. The van der Waals surface area contributed by atoms with Crippen LogP contribution in [0.1, 0.15) is 24.5 Å². The van der Waals surface area contributed by atoms with E-state index in [0.29, 0.717) is 5.92 Å². The van der Waals surface area contributed by atoms with Gasteiger partial charge in [-0.05, 0) is 31.5 Å². The van der Waals surface area contributed by atoms with Gasteiger partial charge in [0.2, 0.25) is 0 Å². The van der Waals surface area contributed by atoms with Gasteiger partial charge in [-0.2, -0.15) is 14.7 Å². The predicted molar refractivity (Wildman–Crippen MR) is 108 cm³/mol. The lowest BCUT2D eigenvalue weighted by molar-refractivity contribution is 0.455. The molecule has 1 unspecified atom stereocenters. The molecule has 8 nitrogen and oxygen atoms in total. The van der Waals surface area contributed by atoms with Crippen molar-refractivity contribution >= 4 is 17.2 Å². The van der Waals surface area contributed by atoms with Crippen molar-refractivity contribution in [2.24, 2.45) is 7.05 Å². The van der Waals surface area contributed by atoms with E-state index in [1.807, 2.05) is 42.3 Å². The zero-order valence-electron chi connectivity index (χ0n) is 15.7. The van der Waals surface area contributed by atoms with E-state index >= 15 is 0 Å². The van der Waals surface area contributed by atoms with E-state index < -0.39 is 0 Å². The van der Waals surface area contributed by atoms with Crippen LogP contribution in [0.25, 0.3) is 16.8 Å². The van der Waals surface area contributed by atoms with Crippen molar-refractivity contribution in [3.8, 4) is 11.1 Å². The van der Waals surface area contributed by atoms with Gasteiger partial charge in [-0.3, -0.25) is 9.67 Å². The summed E-state index contributed by atoms with van der Waals surface area (Å²) in [5.74, 6) is 1.28. The summed E-state index contributed by atoms with van der Waals surface area (Å²) in [7, 11) is 1.91. The first-order valence-corrected chi connectivity index (χ1v) is 9.53. The molecule has 1 atom stereocenters. The molecule has 0 bridgehead atoms. The highest BCUT2D eigenvalue weighted by Crippen LogP contribution is 2.30. The third-order valence-electron chi connectivity index (χ3n) is 5.16. The highest BCUT2D eigenvalue weighted by molar-refractivity contribution is 5.78. The Morgan fingerprint density at radius 3 is 2.93 bits per heavy atom. The number of aromatic nitrogens is 6. The summed E-state index contributed by atoms with van der Waals surface area (Å²) in [6, 6.07) is 6.02. The van der Waals surface area contributed by atoms with Gasteiger partial charge in [-0.25, -0.2) is 4.98 Å². The van der Waals surface area contributed by atoms with E-state index in [4.69, 9.17) is 4.98 Å². The molecule has 1 aliphatic heterocycles. The molecule has 0 aliphatic carbocycles. The molecule has 1 saturated heterocycles. The third-order valence-corrected chi connectivity index (χ3v) is 5.16. The molecular formula is C20H22N8. The summed E-state index contributed by atoms with van der Waals surface area (Å²) < 4.78 is 3.65.